The van der Waals surface area contributed by atoms with Crippen LogP contribution in [0.5, 0.6) is 0 Å². The third kappa shape index (κ3) is 4.64. The summed E-state index contributed by atoms with van der Waals surface area (Å²) in [6.07, 6.45) is 0.649. The lowest BCUT2D eigenvalue weighted by Gasteiger charge is -2.26. The van der Waals surface area contributed by atoms with Crippen LogP contribution in [0.4, 0.5) is 0 Å². The fourth-order valence-electron chi connectivity index (χ4n) is 2.89. The zero-order valence-corrected chi connectivity index (χ0v) is 16.5. The number of hydrogen-bond acceptors (Lipinski definition) is 5. The molecule has 1 aliphatic heterocycles. The Balaban J connectivity index is 1.78. The van der Waals surface area contributed by atoms with E-state index in [9.17, 15) is 13.2 Å². The quantitative estimate of drug-likeness (QED) is 0.594. The van der Waals surface area contributed by atoms with Gasteiger partial charge < -0.3 is 4.74 Å². The second kappa shape index (κ2) is 9.09. The van der Waals surface area contributed by atoms with Gasteiger partial charge >= 0.3 is 0 Å². The highest BCUT2D eigenvalue weighted by molar-refractivity contribution is 7.89. The Kier molecular flexibility index (Phi) is 6.56. The highest BCUT2D eigenvalue weighted by atomic mass is 32.2. The molecule has 28 heavy (non-hydrogen) atoms. The molecule has 0 aromatic heterocycles. The molecule has 1 heterocycles. The van der Waals surface area contributed by atoms with Gasteiger partial charge in [0.25, 0.3) is 5.91 Å². The summed E-state index contributed by atoms with van der Waals surface area (Å²) >= 11 is 0. The average molecular weight is 401 g/mol. The van der Waals surface area contributed by atoms with Crippen molar-refractivity contribution in [2.75, 3.05) is 26.3 Å². The van der Waals surface area contributed by atoms with Gasteiger partial charge in [-0.1, -0.05) is 43.3 Å². The second-order valence-electron chi connectivity index (χ2n) is 6.26. The summed E-state index contributed by atoms with van der Waals surface area (Å²) < 4.78 is 32.1. The number of carbonyl (C=O) groups excluding carboxylic acids is 1. The molecule has 148 valence electrons. The molecular weight excluding hydrogens is 378 g/mol. The van der Waals surface area contributed by atoms with E-state index in [0.717, 1.165) is 11.3 Å². The molecule has 0 spiro atoms. The molecule has 0 radical (unpaired) electrons. The van der Waals surface area contributed by atoms with E-state index in [1.807, 2.05) is 37.3 Å². The van der Waals surface area contributed by atoms with Crippen LogP contribution in [0.2, 0.25) is 0 Å². The van der Waals surface area contributed by atoms with Crippen LogP contribution in [0.3, 0.4) is 0 Å². The van der Waals surface area contributed by atoms with Crippen LogP contribution < -0.4 is 5.43 Å². The van der Waals surface area contributed by atoms with E-state index in [4.69, 9.17) is 4.74 Å². The maximum absolute atomic E-state index is 12.8. The minimum atomic E-state index is -3.66. The molecule has 1 saturated heterocycles. The summed E-state index contributed by atoms with van der Waals surface area (Å²) in [5, 5.41) is 4.21. The van der Waals surface area contributed by atoms with E-state index in [1.54, 1.807) is 12.1 Å². The predicted octanol–water partition coefficient (Wildman–Crippen LogP) is 2.25. The number of ether oxygens (including phenoxy) is 1. The number of carbonyl (C=O) groups is 1. The number of nitrogens with one attached hydrogen (secondary N) is 1. The van der Waals surface area contributed by atoms with Crippen LogP contribution >= 0.6 is 0 Å². The zero-order valence-electron chi connectivity index (χ0n) is 15.7. The van der Waals surface area contributed by atoms with Crippen molar-refractivity contribution in [2.24, 2.45) is 5.10 Å². The zero-order chi connectivity index (χ0) is 20.0. The molecule has 0 aliphatic carbocycles. The molecule has 0 unspecified atom stereocenters. The number of nitrogens with zero attached hydrogens (tertiary/aromatic N) is 2. The SMILES string of the molecule is CC/C(=N/NC(=O)c1cccc(S(=O)(=O)N2CCOCC2)c1)c1ccccc1. The van der Waals surface area contributed by atoms with Crippen molar-refractivity contribution in [1.29, 1.82) is 0 Å². The molecule has 0 saturated carbocycles. The number of sulfonamides is 1. The molecule has 1 amide bonds. The Morgan fingerprint density at radius 2 is 1.75 bits per heavy atom. The third-order valence-electron chi connectivity index (χ3n) is 4.44. The molecule has 3 rings (SSSR count). The molecule has 0 bridgehead atoms. The molecule has 1 aliphatic rings. The fourth-order valence-corrected chi connectivity index (χ4v) is 4.35. The third-order valence-corrected chi connectivity index (χ3v) is 6.33. The lowest BCUT2D eigenvalue weighted by molar-refractivity contribution is 0.0730. The summed E-state index contributed by atoms with van der Waals surface area (Å²) in [6.45, 7) is 3.30. The summed E-state index contributed by atoms with van der Waals surface area (Å²) in [6, 6.07) is 15.6. The second-order valence-corrected chi connectivity index (χ2v) is 8.20. The van der Waals surface area contributed by atoms with Gasteiger partial charge in [-0.15, -0.1) is 0 Å². The van der Waals surface area contributed by atoms with E-state index < -0.39 is 15.9 Å². The van der Waals surface area contributed by atoms with Crippen LogP contribution in [0.1, 0.15) is 29.3 Å². The number of hydrogen-bond donors (Lipinski definition) is 1. The highest BCUT2D eigenvalue weighted by Gasteiger charge is 2.26. The van der Waals surface area contributed by atoms with Crippen LogP contribution in [0.15, 0.2) is 64.6 Å². The lowest BCUT2D eigenvalue weighted by Crippen LogP contribution is -2.40. The number of hydrazone groups is 1. The van der Waals surface area contributed by atoms with Gasteiger partial charge in [-0.25, -0.2) is 13.8 Å². The Hall–Kier alpha value is -2.55. The summed E-state index contributed by atoms with van der Waals surface area (Å²) in [4.78, 5) is 12.6. The van der Waals surface area contributed by atoms with Gasteiger partial charge in [-0.2, -0.15) is 9.41 Å². The van der Waals surface area contributed by atoms with Gasteiger partial charge in [0.05, 0.1) is 23.8 Å². The molecule has 8 heteroatoms. The van der Waals surface area contributed by atoms with Gasteiger partial charge in [0.2, 0.25) is 10.0 Å². The van der Waals surface area contributed by atoms with Gasteiger partial charge in [-0.3, -0.25) is 4.79 Å². The molecule has 2 aromatic carbocycles. The molecule has 1 N–H and O–H groups in total. The maximum Gasteiger partial charge on any atom is 0.271 e. The topological polar surface area (TPSA) is 88.1 Å². The first kappa shape index (κ1) is 20.2. The first-order chi connectivity index (χ1) is 13.5. The summed E-state index contributed by atoms with van der Waals surface area (Å²) in [5.41, 5.74) is 4.43. The molecule has 2 aromatic rings. The maximum atomic E-state index is 12.8. The van der Waals surface area contributed by atoms with Crippen LogP contribution in [-0.2, 0) is 14.8 Å². The van der Waals surface area contributed by atoms with Crippen molar-refractivity contribution < 1.29 is 17.9 Å². The van der Waals surface area contributed by atoms with Crippen LogP contribution in [0.25, 0.3) is 0 Å². The Bertz CT molecular complexity index is 952. The standard InChI is InChI=1S/C20H23N3O4S/c1-2-19(16-7-4-3-5-8-16)21-22-20(24)17-9-6-10-18(15-17)28(25,26)23-11-13-27-14-12-23/h3-10,15H,2,11-14H2,1H3,(H,22,24)/b21-19-. The number of benzene rings is 2. The van der Waals surface area contributed by atoms with Gasteiger partial charge in [0.1, 0.15) is 0 Å². The van der Waals surface area contributed by atoms with Gasteiger partial charge in [0.15, 0.2) is 0 Å². The van der Waals surface area contributed by atoms with Crippen molar-refractivity contribution in [3.63, 3.8) is 0 Å². The van der Waals surface area contributed by atoms with Crippen molar-refractivity contribution >= 4 is 21.6 Å². The van der Waals surface area contributed by atoms with Crippen molar-refractivity contribution in [3.8, 4) is 0 Å². The number of rotatable bonds is 6. The fraction of sp³-hybridized carbons (Fsp3) is 0.300. The first-order valence-corrected chi connectivity index (χ1v) is 10.6. The monoisotopic (exact) mass is 401 g/mol. The van der Waals surface area contributed by atoms with Gasteiger partial charge in [-0.05, 0) is 30.2 Å². The number of amides is 1. The number of morpholine rings is 1. The minimum absolute atomic E-state index is 0.0878. The van der Waals surface area contributed by atoms with Gasteiger partial charge in [0, 0.05) is 18.7 Å². The molecular formula is C20H23N3O4S. The van der Waals surface area contributed by atoms with E-state index in [2.05, 4.69) is 10.5 Å². The predicted molar refractivity (Wildman–Crippen MR) is 107 cm³/mol. The van der Waals surface area contributed by atoms with Crippen molar-refractivity contribution in [1.82, 2.24) is 9.73 Å². The smallest absolute Gasteiger partial charge is 0.271 e. The van der Waals surface area contributed by atoms with E-state index >= 15 is 0 Å². The van der Waals surface area contributed by atoms with Crippen molar-refractivity contribution in [2.45, 2.75) is 18.2 Å². The van der Waals surface area contributed by atoms with E-state index in [0.29, 0.717) is 32.7 Å². The van der Waals surface area contributed by atoms with Crippen LogP contribution in [0, 0.1) is 0 Å². The molecule has 1 fully saturated rings. The Labute approximate surface area is 165 Å². The minimum Gasteiger partial charge on any atom is -0.379 e. The first-order valence-electron chi connectivity index (χ1n) is 9.12. The largest absolute Gasteiger partial charge is 0.379 e. The summed E-state index contributed by atoms with van der Waals surface area (Å²) in [5.74, 6) is -0.457. The molecule has 0 atom stereocenters. The van der Waals surface area contributed by atoms with E-state index in [1.165, 1.54) is 16.4 Å². The highest BCUT2D eigenvalue weighted by Crippen LogP contribution is 2.18. The lowest BCUT2D eigenvalue weighted by atomic mass is 10.1. The Morgan fingerprint density at radius 3 is 2.43 bits per heavy atom. The van der Waals surface area contributed by atoms with Crippen molar-refractivity contribution in [3.05, 3.63) is 65.7 Å². The Morgan fingerprint density at radius 1 is 1.07 bits per heavy atom. The molecule has 7 nitrogen and oxygen atoms in total. The summed E-state index contributed by atoms with van der Waals surface area (Å²) in [7, 11) is -3.66. The van der Waals surface area contributed by atoms with Crippen LogP contribution in [-0.4, -0.2) is 50.6 Å². The van der Waals surface area contributed by atoms with E-state index in [-0.39, 0.29) is 10.5 Å². The average Bonchev–Trinajstić information content (AvgIpc) is 2.75. The normalized spacial score (nSPS) is 16.0.